The molecular formula is C16H30N2S. The Morgan fingerprint density at radius 1 is 1.16 bits per heavy atom. The van der Waals surface area contributed by atoms with Crippen LogP contribution >= 0.6 is 11.3 Å². The molecule has 0 saturated carbocycles. The third-order valence-corrected chi connectivity index (χ3v) is 4.51. The SMILES string of the molecule is CCCCCCCCNCC(c1cccs1)N(C)C. The lowest BCUT2D eigenvalue weighted by atomic mass is 10.1. The number of likely N-dealkylation sites (N-methyl/N-ethyl adjacent to an activating group) is 1. The van der Waals surface area contributed by atoms with Crippen molar-refractivity contribution < 1.29 is 0 Å². The Hall–Kier alpha value is -0.380. The van der Waals surface area contributed by atoms with Gasteiger partial charge in [0.2, 0.25) is 0 Å². The van der Waals surface area contributed by atoms with Crippen molar-refractivity contribution in [1.82, 2.24) is 10.2 Å². The number of thiophene rings is 1. The van der Waals surface area contributed by atoms with E-state index in [1.54, 1.807) is 0 Å². The fraction of sp³-hybridized carbons (Fsp3) is 0.750. The molecule has 0 spiro atoms. The number of nitrogens with zero attached hydrogens (tertiary/aromatic N) is 1. The highest BCUT2D eigenvalue weighted by molar-refractivity contribution is 7.10. The van der Waals surface area contributed by atoms with E-state index in [9.17, 15) is 0 Å². The van der Waals surface area contributed by atoms with Crippen LogP contribution in [0.4, 0.5) is 0 Å². The summed E-state index contributed by atoms with van der Waals surface area (Å²) >= 11 is 1.86. The minimum absolute atomic E-state index is 0.514. The molecule has 1 N–H and O–H groups in total. The smallest absolute Gasteiger partial charge is 0.0561 e. The summed E-state index contributed by atoms with van der Waals surface area (Å²) in [6.07, 6.45) is 8.23. The van der Waals surface area contributed by atoms with Gasteiger partial charge in [-0.05, 0) is 38.5 Å². The minimum Gasteiger partial charge on any atom is -0.315 e. The molecule has 3 heteroatoms. The van der Waals surface area contributed by atoms with E-state index >= 15 is 0 Å². The van der Waals surface area contributed by atoms with Crippen molar-refractivity contribution >= 4 is 11.3 Å². The molecule has 0 bridgehead atoms. The maximum absolute atomic E-state index is 3.61. The van der Waals surface area contributed by atoms with E-state index in [1.807, 2.05) is 11.3 Å². The molecule has 0 aliphatic heterocycles. The highest BCUT2D eigenvalue weighted by Crippen LogP contribution is 2.22. The summed E-state index contributed by atoms with van der Waals surface area (Å²) in [5, 5.41) is 5.78. The monoisotopic (exact) mass is 282 g/mol. The molecule has 0 fully saturated rings. The average molecular weight is 282 g/mol. The van der Waals surface area contributed by atoms with Gasteiger partial charge in [-0.3, -0.25) is 0 Å². The molecule has 19 heavy (non-hydrogen) atoms. The second kappa shape index (κ2) is 10.4. The highest BCUT2D eigenvalue weighted by atomic mass is 32.1. The van der Waals surface area contributed by atoms with Gasteiger partial charge in [0.05, 0.1) is 6.04 Å². The van der Waals surface area contributed by atoms with E-state index < -0.39 is 0 Å². The van der Waals surface area contributed by atoms with Gasteiger partial charge in [-0.2, -0.15) is 0 Å². The Bertz CT molecular complexity index is 296. The molecule has 1 heterocycles. The fourth-order valence-corrected chi connectivity index (χ4v) is 3.21. The lowest BCUT2D eigenvalue weighted by Gasteiger charge is -2.23. The van der Waals surface area contributed by atoms with Gasteiger partial charge in [-0.1, -0.05) is 45.1 Å². The molecule has 1 aromatic rings. The van der Waals surface area contributed by atoms with Gasteiger partial charge < -0.3 is 10.2 Å². The van der Waals surface area contributed by atoms with Gasteiger partial charge in [-0.15, -0.1) is 11.3 Å². The topological polar surface area (TPSA) is 15.3 Å². The predicted octanol–water partition coefficient (Wildman–Crippen LogP) is 4.30. The summed E-state index contributed by atoms with van der Waals surface area (Å²) in [6, 6.07) is 4.89. The lowest BCUT2D eigenvalue weighted by Crippen LogP contribution is -2.31. The molecule has 0 aromatic carbocycles. The largest absolute Gasteiger partial charge is 0.315 e. The lowest BCUT2D eigenvalue weighted by molar-refractivity contribution is 0.292. The van der Waals surface area contributed by atoms with Crippen LogP contribution in [0.5, 0.6) is 0 Å². The molecule has 0 saturated heterocycles. The van der Waals surface area contributed by atoms with Crippen LogP contribution in [0.3, 0.4) is 0 Å². The fourth-order valence-electron chi connectivity index (χ4n) is 2.29. The second-order valence-electron chi connectivity index (χ2n) is 5.47. The number of hydrogen-bond acceptors (Lipinski definition) is 3. The van der Waals surface area contributed by atoms with Crippen molar-refractivity contribution in [3.63, 3.8) is 0 Å². The number of rotatable bonds is 11. The van der Waals surface area contributed by atoms with Crippen molar-refractivity contribution in [1.29, 1.82) is 0 Å². The van der Waals surface area contributed by atoms with E-state index in [1.165, 1.54) is 43.4 Å². The molecule has 0 aliphatic carbocycles. The average Bonchev–Trinajstić information content (AvgIpc) is 2.90. The Balaban J connectivity index is 2.09. The van der Waals surface area contributed by atoms with E-state index in [-0.39, 0.29) is 0 Å². The molecule has 0 radical (unpaired) electrons. The Morgan fingerprint density at radius 3 is 2.53 bits per heavy atom. The van der Waals surface area contributed by atoms with Crippen LogP contribution < -0.4 is 5.32 Å². The molecule has 1 unspecified atom stereocenters. The van der Waals surface area contributed by atoms with Crippen LogP contribution in [0.2, 0.25) is 0 Å². The summed E-state index contributed by atoms with van der Waals surface area (Å²) in [5.41, 5.74) is 0. The number of unbranched alkanes of at least 4 members (excludes halogenated alkanes) is 5. The van der Waals surface area contributed by atoms with E-state index in [0.717, 1.165) is 13.1 Å². The van der Waals surface area contributed by atoms with Gasteiger partial charge >= 0.3 is 0 Å². The molecule has 1 aromatic heterocycles. The molecule has 0 amide bonds. The zero-order valence-electron chi connectivity index (χ0n) is 12.8. The summed E-state index contributed by atoms with van der Waals surface area (Å²) in [4.78, 5) is 3.76. The van der Waals surface area contributed by atoms with Crippen molar-refractivity contribution in [2.45, 2.75) is 51.5 Å². The molecule has 2 nitrogen and oxygen atoms in total. The molecule has 1 atom stereocenters. The third-order valence-electron chi connectivity index (χ3n) is 3.54. The van der Waals surface area contributed by atoms with Crippen LogP contribution in [0, 0.1) is 0 Å². The van der Waals surface area contributed by atoms with Crippen LogP contribution in [-0.2, 0) is 0 Å². The molecule has 0 aliphatic rings. The Morgan fingerprint density at radius 2 is 1.89 bits per heavy atom. The number of hydrogen-bond donors (Lipinski definition) is 1. The first kappa shape index (κ1) is 16.7. The Kier molecular flexibility index (Phi) is 9.14. The van der Waals surface area contributed by atoms with Crippen LogP contribution in [0.25, 0.3) is 0 Å². The van der Waals surface area contributed by atoms with Crippen molar-refractivity contribution in [2.24, 2.45) is 0 Å². The minimum atomic E-state index is 0.514. The Labute approximate surface area is 123 Å². The maximum atomic E-state index is 3.61. The van der Waals surface area contributed by atoms with E-state index in [0.29, 0.717) is 6.04 Å². The molecule has 110 valence electrons. The van der Waals surface area contributed by atoms with Gasteiger partial charge in [0, 0.05) is 11.4 Å². The third kappa shape index (κ3) is 7.09. The van der Waals surface area contributed by atoms with Crippen molar-refractivity contribution in [3.05, 3.63) is 22.4 Å². The van der Waals surface area contributed by atoms with E-state index in [4.69, 9.17) is 0 Å². The van der Waals surface area contributed by atoms with Gasteiger partial charge in [0.15, 0.2) is 0 Å². The van der Waals surface area contributed by atoms with Crippen LogP contribution in [0.1, 0.15) is 56.4 Å². The summed E-state index contributed by atoms with van der Waals surface area (Å²) in [6.45, 7) is 4.48. The molecular weight excluding hydrogens is 252 g/mol. The number of nitrogens with one attached hydrogen (secondary N) is 1. The van der Waals surface area contributed by atoms with Crippen molar-refractivity contribution in [3.8, 4) is 0 Å². The highest BCUT2D eigenvalue weighted by Gasteiger charge is 2.13. The zero-order valence-corrected chi connectivity index (χ0v) is 13.6. The standard InChI is InChI=1S/C16H30N2S/c1-4-5-6-7-8-9-12-17-14-15(18(2)3)16-11-10-13-19-16/h10-11,13,15,17H,4-9,12,14H2,1-3H3. The molecule has 1 rings (SSSR count). The second-order valence-corrected chi connectivity index (χ2v) is 6.45. The summed E-state index contributed by atoms with van der Waals surface area (Å²) in [5.74, 6) is 0. The summed E-state index contributed by atoms with van der Waals surface area (Å²) in [7, 11) is 4.33. The normalized spacial score (nSPS) is 13.1. The zero-order chi connectivity index (χ0) is 13.9. The summed E-state index contributed by atoms with van der Waals surface area (Å²) < 4.78 is 0. The predicted molar refractivity (Wildman–Crippen MR) is 87.0 cm³/mol. The van der Waals surface area contributed by atoms with Gasteiger partial charge in [-0.25, -0.2) is 0 Å². The first-order chi connectivity index (χ1) is 9.25. The van der Waals surface area contributed by atoms with Gasteiger partial charge in [0.1, 0.15) is 0 Å². The van der Waals surface area contributed by atoms with Gasteiger partial charge in [0.25, 0.3) is 0 Å². The maximum Gasteiger partial charge on any atom is 0.0561 e. The quantitative estimate of drug-likeness (QED) is 0.609. The first-order valence-corrected chi connectivity index (χ1v) is 8.54. The van der Waals surface area contributed by atoms with Crippen LogP contribution in [0.15, 0.2) is 17.5 Å². The van der Waals surface area contributed by atoms with Crippen LogP contribution in [-0.4, -0.2) is 32.1 Å². The van der Waals surface area contributed by atoms with E-state index in [2.05, 4.69) is 48.7 Å². The first-order valence-electron chi connectivity index (χ1n) is 7.66. The van der Waals surface area contributed by atoms with Crippen molar-refractivity contribution in [2.75, 3.05) is 27.2 Å².